The molecule has 0 unspecified atom stereocenters. The van der Waals surface area contributed by atoms with Gasteiger partial charge in [0.25, 0.3) is 0 Å². The van der Waals surface area contributed by atoms with Crippen LogP contribution in [0.3, 0.4) is 0 Å². The van der Waals surface area contributed by atoms with Gasteiger partial charge in [-0.25, -0.2) is 13.8 Å². The minimum Gasteiger partial charge on any atom is -0.250 e. The molecular weight excluding hydrogens is 208 g/mol. The van der Waals surface area contributed by atoms with Crippen LogP contribution in [0.25, 0.3) is 10.9 Å². The second-order valence-corrected chi connectivity index (χ2v) is 3.41. The highest BCUT2D eigenvalue weighted by Gasteiger charge is 2.11. The fourth-order valence-electron chi connectivity index (χ4n) is 1.34. The molecule has 0 atom stereocenters. The lowest BCUT2D eigenvalue weighted by molar-refractivity contribution is 0.615. The summed E-state index contributed by atoms with van der Waals surface area (Å²) in [6.07, 6.45) is 0. The van der Waals surface area contributed by atoms with Crippen LogP contribution in [0.5, 0.6) is 0 Å². The molecule has 0 bridgehead atoms. The van der Waals surface area contributed by atoms with Crippen molar-refractivity contribution in [2.75, 3.05) is 0 Å². The molecule has 0 radical (unpaired) electrons. The maximum absolute atomic E-state index is 13.3. The first kappa shape index (κ1) is 9.34. The van der Waals surface area contributed by atoms with Gasteiger partial charge >= 0.3 is 0 Å². The average Bonchev–Trinajstić information content (AvgIpc) is 2.10. The topological polar surface area (TPSA) is 12.9 Å². The molecular formula is C10H6ClF2N. The molecule has 1 heterocycles. The van der Waals surface area contributed by atoms with Gasteiger partial charge in [-0.15, -0.1) is 0 Å². The number of benzene rings is 1. The number of pyridine rings is 1. The smallest absolute Gasteiger partial charge is 0.149 e. The van der Waals surface area contributed by atoms with Gasteiger partial charge in [-0.1, -0.05) is 11.6 Å². The predicted molar refractivity (Wildman–Crippen MR) is 51.4 cm³/mol. The maximum Gasteiger partial charge on any atom is 0.149 e. The Morgan fingerprint density at radius 1 is 1.21 bits per heavy atom. The second kappa shape index (κ2) is 3.17. The van der Waals surface area contributed by atoms with Crippen LogP contribution in [0.1, 0.15) is 5.69 Å². The maximum atomic E-state index is 13.3. The van der Waals surface area contributed by atoms with E-state index in [0.717, 1.165) is 12.1 Å². The van der Waals surface area contributed by atoms with E-state index in [4.69, 9.17) is 11.6 Å². The van der Waals surface area contributed by atoms with Gasteiger partial charge in [-0.05, 0) is 25.1 Å². The zero-order valence-electron chi connectivity index (χ0n) is 7.31. The molecule has 2 aromatic rings. The van der Waals surface area contributed by atoms with E-state index in [0.29, 0.717) is 5.69 Å². The first-order valence-corrected chi connectivity index (χ1v) is 4.38. The van der Waals surface area contributed by atoms with E-state index < -0.39 is 11.6 Å². The highest BCUT2D eigenvalue weighted by molar-refractivity contribution is 6.35. The van der Waals surface area contributed by atoms with Gasteiger partial charge in [0.1, 0.15) is 17.2 Å². The molecule has 0 spiro atoms. The molecule has 1 aromatic heterocycles. The van der Waals surface area contributed by atoms with E-state index >= 15 is 0 Å². The Morgan fingerprint density at radius 3 is 2.57 bits per heavy atom. The number of nitrogens with zero attached hydrogens (tertiary/aromatic N) is 1. The number of fused-ring (bicyclic) bond motifs is 1. The molecule has 14 heavy (non-hydrogen) atoms. The van der Waals surface area contributed by atoms with Crippen LogP contribution < -0.4 is 0 Å². The molecule has 0 saturated carbocycles. The minimum atomic E-state index is -0.563. The molecule has 2 rings (SSSR count). The minimum absolute atomic E-state index is 0.0185. The van der Waals surface area contributed by atoms with Crippen molar-refractivity contribution < 1.29 is 8.78 Å². The Morgan fingerprint density at radius 2 is 1.86 bits per heavy atom. The van der Waals surface area contributed by atoms with Crippen molar-refractivity contribution >= 4 is 22.5 Å². The van der Waals surface area contributed by atoms with Crippen LogP contribution in [0.4, 0.5) is 8.78 Å². The number of hydrogen-bond donors (Lipinski definition) is 0. The Balaban J connectivity index is 3.00. The fraction of sp³-hybridized carbons (Fsp3) is 0.100. The Kier molecular flexibility index (Phi) is 2.11. The summed E-state index contributed by atoms with van der Waals surface area (Å²) in [7, 11) is 0. The number of aryl methyl sites for hydroxylation is 1. The number of aromatic nitrogens is 1. The van der Waals surface area contributed by atoms with Crippen molar-refractivity contribution in [2.24, 2.45) is 0 Å². The van der Waals surface area contributed by atoms with Crippen LogP contribution in [0.15, 0.2) is 18.2 Å². The quantitative estimate of drug-likeness (QED) is 0.653. The average molecular weight is 214 g/mol. The standard InChI is InChI=1S/C10H6ClF2N/c1-5-4-6(11)9-7(12)2-3-8(13)10(9)14-5/h2-4H,1H3. The van der Waals surface area contributed by atoms with E-state index in [1.165, 1.54) is 6.07 Å². The highest BCUT2D eigenvalue weighted by Crippen LogP contribution is 2.27. The van der Waals surface area contributed by atoms with Crippen molar-refractivity contribution in [3.8, 4) is 0 Å². The number of halogens is 3. The summed E-state index contributed by atoms with van der Waals surface area (Å²) in [5.41, 5.74) is 0.544. The van der Waals surface area contributed by atoms with Crippen molar-refractivity contribution in [1.82, 2.24) is 4.98 Å². The molecule has 4 heteroatoms. The SMILES string of the molecule is Cc1cc(Cl)c2c(F)ccc(F)c2n1. The third-order valence-corrected chi connectivity index (χ3v) is 2.24. The van der Waals surface area contributed by atoms with Crippen LogP contribution in [0, 0.1) is 18.6 Å². The summed E-state index contributed by atoms with van der Waals surface area (Å²) in [6, 6.07) is 3.59. The molecule has 0 fully saturated rings. The lowest BCUT2D eigenvalue weighted by Crippen LogP contribution is -1.91. The molecule has 0 saturated heterocycles. The van der Waals surface area contributed by atoms with Crippen LogP contribution in [-0.4, -0.2) is 4.98 Å². The summed E-state index contributed by atoms with van der Waals surface area (Å²) in [4.78, 5) is 3.90. The van der Waals surface area contributed by atoms with Crippen molar-refractivity contribution in [3.05, 3.63) is 40.6 Å². The van der Waals surface area contributed by atoms with Gasteiger partial charge in [-0.2, -0.15) is 0 Å². The van der Waals surface area contributed by atoms with E-state index in [2.05, 4.69) is 4.98 Å². The molecule has 0 aliphatic carbocycles. The third-order valence-electron chi connectivity index (χ3n) is 1.94. The molecule has 0 aliphatic heterocycles. The van der Waals surface area contributed by atoms with Crippen molar-refractivity contribution in [3.63, 3.8) is 0 Å². The molecule has 1 aromatic carbocycles. The zero-order valence-corrected chi connectivity index (χ0v) is 8.07. The van der Waals surface area contributed by atoms with Gasteiger partial charge < -0.3 is 0 Å². The Labute approximate surface area is 84.3 Å². The third kappa shape index (κ3) is 1.34. The van der Waals surface area contributed by atoms with Gasteiger partial charge in [-0.3, -0.25) is 0 Å². The Hall–Kier alpha value is -1.22. The van der Waals surface area contributed by atoms with Gasteiger partial charge in [0.2, 0.25) is 0 Å². The summed E-state index contributed by atoms with van der Waals surface area (Å²) in [5.74, 6) is -1.12. The van der Waals surface area contributed by atoms with E-state index in [1.807, 2.05) is 0 Å². The summed E-state index contributed by atoms with van der Waals surface area (Å²) in [6.45, 7) is 1.68. The zero-order chi connectivity index (χ0) is 10.3. The van der Waals surface area contributed by atoms with Gasteiger partial charge in [0, 0.05) is 5.69 Å². The molecule has 0 aliphatic rings. The van der Waals surface area contributed by atoms with Crippen molar-refractivity contribution in [2.45, 2.75) is 6.92 Å². The lowest BCUT2D eigenvalue weighted by Gasteiger charge is -2.03. The van der Waals surface area contributed by atoms with Crippen LogP contribution in [-0.2, 0) is 0 Å². The predicted octanol–water partition coefficient (Wildman–Crippen LogP) is 3.47. The van der Waals surface area contributed by atoms with Gasteiger partial charge in [0.05, 0.1) is 10.4 Å². The monoisotopic (exact) mass is 213 g/mol. The van der Waals surface area contributed by atoms with Gasteiger partial charge in [0.15, 0.2) is 0 Å². The highest BCUT2D eigenvalue weighted by atomic mass is 35.5. The summed E-state index contributed by atoms with van der Waals surface area (Å²) in [5, 5.41) is 0.224. The van der Waals surface area contributed by atoms with E-state index in [1.54, 1.807) is 6.92 Å². The summed E-state index contributed by atoms with van der Waals surface area (Å²) < 4.78 is 26.5. The lowest BCUT2D eigenvalue weighted by atomic mass is 10.2. The van der Waals surface area contributed by atoms with E-state index in [-0.39, 0.29) is 15.9 Å². The molecule has 1 nitrogen and oxygen atoms in total. The Bertz CT molecular complexity index is 511. The number of hydrogen-bond acceptors (Lipinski definition) is 1. The molecule has 0 N–H and O–H groups in total. The van der Waals surface area contributed by atoms with Crippen LogP contribution in [0.2, 0.25) is 5.02 Å². The number of rotatable bonds is 0. The fourth-order valence-corrected chi connectivity index (χ4v) is 1.68. The second-order valence-electron chi connectivity index (χ2n) is 3.00. The van der Waals surface area contributed by atoms with Crippen LogP contribution >= 0.6 is 11.6 Å². The van der Waals surface area contributed by atoms with Crippen molar-refractivity contribution in [1.29, 1.82) is 0 Å². The summed E-state index contributed by atoms with van der Waals surface area (Å²) >= 11 is 5.79. The first-order valence-electron chi connectivity index (χ1n) is 4.00. The normalized spacial score (nSPS) is 10.9. The molecule has 0 amide bonds. The van der Waals surface area contributed by atoms with E-state index in [9.17, 15) is 8.78 Å². The molecule has 72 valence electrons. The largest absolute Gasteiger partial charge is 0.250 e. The first-order chi connectivity index (χ1) is 6.59.